The molecule has 0 radical (unpaired) electrons. The highest BCUT2D eigenvalue weighted by atomic mass is 32.2. The summed E-state index contributed by atoms with van der Waals surface area (Å²) in [7, 11) is -1.54. The second-order valence-electron chi connectivity index (χ2n) is 4.41. The fourth-order valence-corrected chi connectivity index (χ4v) is 1.91. The molecule has 0 bridgehead atoms. The van der Waals surface area contributed by atoms with Gasteiger partial charge in [0.2, 0.25) is 0 Å². The van der Waals surface area contributed by atoms with Gasteiger partial charge in [0.05, 0.1) is 38.8 Å². The normalized spacial score (nSPS) is 13.1. The van der Waals surface area contributed by atoms with Crippen LogP contribution in [0.1, 0.15) is 6.42 Å². The van der Waals surface area contributed by atoms with E-state index in [1.807, 2.05) is 0 Å². The highest BCUT2D eigenvalue weighted by molar-refractivity contribution is 7.90. The van der Waals surface area contributed by atoms with Crippen LogP contribution in [0, 0.1) is 0 Å². The quantitative estimate of drug-likeness (QED) is 0.337. The Morgan fingerprint density at radius 1 is 1.05 bits per heavy atom. The second-order valence-corrected chi connectivity index (χ2v) is 6.67. The van der Waals surface area contributed by atoms with Crippen LogP contribution in [0.3, 0.4) is 0 Å². The first-order valence-electron chi connectivity index (χ1n) is 6.61. The lowest BCUT2D eigenvalue weighted by molar-refractivity contribution is -0.146. The van der Waals surface area contributed by atoms with E-state index in [1.165, 1.54) is 0 Å². The Hall–Kier alpha value is -0.740. The van der Waals surface area contributed by atoms with Crippen molar-refractivity contribution in [3.63, 3.8) is 0 Å². The molecule has 0 rings (SSSR count). The van der Waals surface area contributed by atoms with Crippen molar-refractivity contribution in [2.24, 2.45) is 5.73 Å². The molecule has 9 heteroatoms. The summed E-state index contributed by atoms with van der Waals surface area (Å²) in [5, 5.41) is 0. The highest BCUT2D eigenvalue weighted by Gasteiger charge is 2.17. The summed E-state index contributed by atoms with van der Waals surface area (Å²) in [5.74, 6) is -0.767. The topological polar surface area (TPSA) is 114 Å². The SMILES string of the molecule is COCCOCCOCCOC(=O)C(N)CCS(C)(=O)=O. The predicted molar refractivity (Wildman–Crippen MR) is 76.8 cm³/mol. The standard InChI is InChI=1S/C12H25NO7S/c1-17-4-5-18-6-7-19-8-9-20-12(14)11(13)3-10-21(2,15)16/h11H,3-10,13H2,1-2H3. The van der Waals surface area contributed by atoms with Crippen molar-refractivity contribution in [3.8, 4) is 0 Å². The van der Waals surface area contributed by atoms with Crippen molar-refractivity contribution < 1.29 is 32.2 Å². The lowest BCUT2D eigenvalue weighted by Crippen LogP contribution is -2.34. The third kappa shape index (κ3) is 14.0. The van der Waals surface area contributed by atoms with Crippen LogP contribution < -0.4 is 5.73 Å². The summed E-state index contributed by atoms with van der Waals surface area (Å²) in [4.78, 5) is 11.4. The summed E-state index contributed by atoms with van der Waals surface area (Å²) in [5.41, 5.74) is 5.52. The van der Waals surface area contributed by atoms with Crippen LogP contribution in [0.4, 0.5) is 0 Å². The molecule has 0 spiro atoms. The van der Waals surface area contributed by atoms with E-state index in [0.717, 1.165) is 6.26 Å². The van der Waals surface area contributed by atoms with E-state index in [0.29, 0.717) is 26.4 Å². The molecule has 1 unspecified atom stereocenters. The number of carbonyl (C=O) groups is 1. The zero-order valence-corrected chi connectivity index (χ0v) is 13.4. The lowest BCUT2D eigenvalue weighted by Gasteiger charge is -2.11. The number of hydrogen-bond acceptors (Lipinski definition) is 8. The van der Waals surface area contributed by atoms with Gasteiger partial charge < -0.3 is 24.7 Å². The van der Waals surface area contributed by atoms with Gasteiger partial charge in [-0.1, -0.05) is 0 Å². The molecular weight excluding hydrogens is 302 g/mol. The van der Waals surface area contributed by atoms with Crippen molar-refractivity contribution in [3.05, 3.63) is 0 Å². The average Bonchev–Trinajstić information content (AvgIpc) is 2.41. The van der Waals surface area contributed by atoms with Crippen molar-refractivity contribution in [2.75, 3.05) is 58.8 Å². The van der Waals surface area contributed by atoms with Gasteiger partial charge in [0.25, 0.3) is 0 Å². The van der Waals surface area contributed by atoms with Gasteiger partial charge in [0.15, 0.2) is 0 Å². The van der Waals surface area contributed by atoms with Gasteiger partial charge in [-0.2, -0.15) is 0 Å². The number of esters is 1. The Morgan fingerprint density at radius 3 is 2.10 bits per heavy atom. The molecule has 0 aromatic carbocycles. The van der Waals surface area contributed by atoms with Crippen LogP contribution >= 0.6 is 0 Å². The van der Waals surface area contributed by atoms with Crippen LogP contribution in [-0.4, -0.2) is 79.2 Å². The molecule has 0 fully saturated rings. The van der Waals surface area contributed by atoms with Crippen LogP contribution in [-0.2, 0) is 33.6 Å². The van der Waals surface area contributed by atoms with E-state index in [1.54, 1.807) is 7.11 Å². The van der Waals surface area contributed by atoms with E-state index in [9.17, 15) is 13.2 Å². The summed E-state index contributed by atoms with van der Waals surface area (Å²) in [6.07, 6.45) is 1.14. The van der Waals surface area contributed by atoms with Crippen molar-refractivity contribution in [1.29, 1.82) is 0 Å². The lowest BCUT2D eigenvalue weighted by atomic mass is 10.2. The zero-order chi connectivity index (χ0) is 16.1. The van der Waals surface area contributed by atoms with Gasteiger partial charge >= 0.3 is 5.97 Å². The molecule has 126 valence electrons. The summed E-state index contributed by atoms with van der Waals surface area (Å²) in [6.45, 7) is 2.17. The molecule has 21 heavy (non-hydrogen) atoms. The fourth-order valence-electron chi connectivity index (χ4n) is 1.23. The molecular formula is C12H25NO7S. The minimum Gasteiger partial charge on any atom is -0.462 e. The van der Waals surface area contributed by atoms with E-state index in [-0.39, 0.29) is 25.4 Å². The number of ether oxygens (including phenoxy) is 4. The van der Waals surface area contributed by atoms with Crippen molar-refractivity contribution >= 4 is 15.8 Å². The van der Waals surface area contributed by atoms with E-state index < -0.39 is 21.8 Å². The number of methoxy groups -OCH3 is 1. The highest BCUT2D eigenvalue weighted by Crippen LogP contribution is 1.96. The molecule has 0 amide bonds. The van der Waals surface area contributed by atoms with Crippen LogP contribution in [0.15, 0.2) is 0 Å². The van der Waals surface area contributed by atoms with E-state index in [2.05, 4.69) is 0 Å². The average molecular weight is 327 g/mol. The second kappa shape index (κ2) is 11.9. The summed E-state index contributed by atoms with van der Waals surface area (Å²) in [6, 6.07) is -0.933. The first kappa shape index (κ1) is 20.3. The third-order valence-electron chi connectivity index (χ3n) is 2.38. The van der Waals surface area contributed by atoms with E-state index >= 15 is 0 Å². The van der Waals surface area contributed by atoms with Gasteiger partial charge in [0.1, 0.15) is 22.5 Å². The van der Waals surface area contributed by atoms with Gasteiger partial charge in [-0.15, -0.1) is 0 Å². The smallest absolute Gasteiger partial charge is 0.323 e. The molecule has 0 aliphatic heterocycles. The van der Waals surface area contributed by atoms with Crippen molar-refractivity contribution in [2.45, 2.75) is 12.5 Å². The minimum absolute atomic E-state index is 0.0475. The van der Waals surface area contributed by atoms with Gasteiger partial charge in [-0.05, 0) is 6.42 Å². The largest absolute Gasteiger partial charge is 0.462 e. The van der Waals surface area contributed by atoms with Crippen LogP contribution in [0.25, 0.3) is 0 Å². The predicted octanol–water partition coefficient (Wildman–Crippen LogP) is -1.03. The number of sulfone groups is 1. The maximum absolute atomic E-state index is 11.4. The minimum atomic E-state index is -3.13. The van der Waals surface area contributed by atoms with Crippen LogP contribution in [0.2, 0.25) is 0 Å². The summed E-state index contributed by atoms with van der Waals surface area (Å²) < 4.78 is 41.9. The molecule has 0 aromatic rings. The zero-order valence-electron chi connectivity index (χ0n) is 12.6. The number of nitrogens with two attached hydrogens (primary N) is 1. The summed E-state index contributed by atoms with van der Waals surface area (Å²) >= 11 is 0. The number of carbonyl (C=O) groups excluding carboxylic acids is 1. The Kier molecular flexibility index (Phi) is 11.5. The molecule has 0 aliphatic rings. The monoisotopic (exact) mass is 327 g/mol. The van der Waals surface area contributed by atoms with Crippen molar-refractivity contribution in [1.82, 2.24) is 0 Å². The Morgan fingerprint density at radius 2 is 1.57 bits per heavy atom. The van der Waals surface area contributed by atoms with Gasteiger partial charge in [0, 0.05) is 13.4 Å². The Balaban J connectivity index is 3.48. The first-order valence-corrected chi connectivity index (χ1v) is 8.67. The van der Waals surface area contributed by atoms with Gasteiger partial charge in [-0.25, -0.2) is 8.42 Å². The molecule has 0 aromatic heterocycles. The molecule has 0 heterocycles. The molecule has 8 nitrogen and oxygen atoms in total. The maximum atomic E-state index is 11.4. The molecule has 2 N–H and O–H groups in total. The van der Waals surface area contributed by atoms with Crippen LogP contribution in [0.5, 0.6) is 0 Å². The number of rotatable bonds is 13. The molecule has 0 saturated carbocycles. The number of hydrogen-bond donors (Lipinski definition) is 1. The first-order chi connectivity index (χ1) is 9.87. The van der Waals surface area contributed by atoms with E-state index in [4.69, 9.17) is 24.7 Å². The molecule has 1 atom stereocenters. The Labute approximate surface area is 125 Å². The Bertz CT molecular complexity index is 372. The third-order valence-corrected chi connectivity index (χ3v) is 3.36. The molecule has 0 aliphatic carbocycles. The maximum Gasteiger partial charge on any atom is 0.323 e. The molecule has 0 saturated heterocycles. The van der Waals surface area contributed by atoms with Gasteiger partial charge in [-0.3, -0.25) is 4.79 Å². The fraction of sp³-hybridized carbons (Fsp3) is 0.917.